The highest BCUT2D eigenvalue weighted by Crippen LogP contribution is 2.37. The van der Waals surface area contributed by atoms with E-state index in [1.54, 1.807) is 12.1 Å². The number of benzene rings is 1. The summed E-state index contributed by atoms with van der Waals surface area (Å²) in [6, 6.07) is 5.37. The zero-order valence-corrected chi connectivity index (χ0v) is 18.0. The molecule has 5 nitrogen and oxygen atoms in total. The van der Waals surface area contributed by atoms with Crippen LogP contribution in [0, 0.1) is 5.92 Å². The van der Waals surface area contributed by atoms with Gasteiger partial charge in [0.05, 0.1) is 16.1 Å². The van der Waals surface area contributed by atoms with Gasteiger partial charge in [-0.3, -0.25) is 0 Å². The van der Waals surface area contributed by atoms with Crippen molar-refractivity contribution >= 4 is 22.6 Å². The molecule has 0 atom stereocenters. The highest BCUT2D eigenvalue weighted by molar-refractivity contribution is 7.89. The maximum atomic E-state index is 12.3. The first-order valence-electron chi connectivity index (χ1n) is 9.98. The first-order chi connectivity index (χ1) is 12.6. The van der Waals surface area contributed by atoms with Gasteiger partial charge in [0.25, 0.3) is 0 Å². The van der Waals surface area contributed by atoms with E-state index in [4.69, 9.17) is 9.31 Å². The summed E-state index contributed by atoms with van der Waals surface area (Å²) >= 11 is 0. The molecular weight excluding hydrogens is 361 g/mol. The quantitative estimate of drug-likeness (QED) is 0.782. The van der Waals surface area contributed by atoms with E-state index >= 15 is 0 Å². The molecule has 1 saturated heterocycles. The van der Waals surface area contributed by atoms with Crippen LogP contribution in [0.25, 0.3) is 0 Å². The first kappa shape index (κ1) is 20.8. The lowest BCUT2D eigenvalue weighted by Crippen LogP contribution is -2.41. The van der Waals surface area contributed by atoms with Crippen LogP contribution in [0.3, 0.4) is 0 Å². The summed E-state index contributed by atoms with van der Waals surface area (Å²) in [5, 5.41) is 0. The van der Waals surface area contributed by atoms with Crippen LogP contribution in [-0.2, 0) is 25.8 Å². The molecule has 0 unspecified atom stereocenters. The molecule has 1 saturated carbocycles. The smallest absolute Gasteiger partial charge is 0.399 e. The Hall–Kier alpha value is -0.885. The normalized spacial score (nSPS) is 22.9. The highest BCUT2D eigenvalue weighted by atomic mass is 32.2. The van der Waals surface area contributed by atoms with Crippen molar-refractivity contribution in [2.45, 2.75) is 82.3 Å². The fraction of sp³-hybridized carbons (Fsp3) is 0.700. The Kier molecular flexibility index (Phi) is 5.79. The molecular formula is C20H32BNO4S. The van der Waals surface area contributed by atoms with Crippen molar-refractivity contribution in [1.29, 1.82) is 0 Å². The van der Waals surface area contributed by atoms with Gasteiger partial charge in [-0.25, -0.2) is 13.1 Å². The van der Waals surface area contributed by atoms with Crippen LogP contribution < -0.4 is 10.2 Å². The fourth-order valence-corrected chi connectivity index (χ4v) is 4.70. The minimum atomic E-state index is -3.52. The molecule has 0 aromatic heterocycles. The van der Waals surface area contributed by atoms with Crippen molar-refractivity contribution in [3.63, 3.8) is 0 Å². The molecule has 1 aliphatic heterocycles. The molecule has 1 aromatic rings. The van der Waals surface area contributed by atoms with Gasteiger partial charge in [-0.2, -0.15) is 0 Å². The van der Waals surface area contributed by atoms with Crippen LogP contribution in [-0.4, -0.2) is 33.8 Å². The van der Waals surface area contributed by atoms with E-state index in [9.17, 15) is 8.42 Å². The average molecular weight is 393 g/mol. The van der Waals surface area contributed by atoms with E-state index in [0.29, 0.717) is 5.92 Å². The van der Waals surface area contributed by atoms with E-state index in [2.05, 4.69) is 4.72 Å². The summed E-state index contributed by atoms with van der Waals surface area (Å²) in [7, 11) is -2.64. The highest BCUT2D eigenvalue weighted by Gasteiger charge is 2.52. The van der Waals surface area contributed by atoms with Gasteiger partial charge in [0, 0.05) is 0 Å². The maximum absolute atomic E-state index is 12.3. The largest absolute Gasteiger partial charge is 0.495 e. The molecule has 0 radical (unpaired) electrons. The lowest BCUT2D eigenvalue weighted by Gasteiger charge is -2.32. The van der Waals surface area contributed by atoms with Crippen LogP contribution in [0.1, 0.15) is 65.4 Å². The summed E-state index contributed by atoms with van der Waals surface area (Å²) in [5.41, 5.74) is 1.06. The molecule has 27 heavy (non-hydrogen) atoms. The van der Waals surface area contributed by atoms with E-state index in [1.807, 2.05) is 33.8 Å². The fourth-order valence-electron chi connectivity index (χ4n) is 3.94. The Morgan fingerprint density at radius 1 is 1.07 bits per heavy atom. The van der Waals surface area contributed by atoms with Crippen molar-refractivity contribution in [2.24, 2.45) is 5.92 Å². The maximum Gasteiger partial charge on any atom is 0.495 e. The summed E-state index contributed by atoms with van der Waals surface area (Å²) in [5.74, 6) is 0.645. The second-order valence-corrected chi connectivity index (χ2v) is 10.8. The topological polar surface area (TPSA) is 64.6 Å². The van der Waals surface area contributed by atoms with Crippen molar-refractivity contribution in [3.05, 3.63) is 23.8 Å². The molecule has 1 aliphatic carbocycles. The van der Waals surface area contributed by atoms with Crippen LogP contribution in [0.5, 0.6) is 0 Å². The van der Waals surface area contributed by atoms with Gasteiger partial charge >= 0.3 is 7.12 Å². The number of rotatable bonds is 5. The van der Waals surface area contributed by atoms with Crippen molar-refractivity contribution < 1.29 is 17.7 Å². The van der Waals surface area contributed by atoms with Crippen LogP contribution >= 0.6 is 0 Å². The number of hydrogen-bond acceptors (Lipinski definition) is 4. The Morgan fingerprint density at radius 2 is 1.67 bits per heavy atom. The zero-order valence-electron chi connectivity index (χ0n) is 17.2. The molecule has 7 heteroatoms. The van der Waals surface area contributed by atoms with E-state index in [-0.39, 0.29) is 4.90 Å². The van der Waals surface area contributed by atoms with E-state index in [1.165, 1.54) is 39.2 Å². The minimum Gasteiger partial charge on any atom is -0.399 e. The van der Waals surface area contributed by atoms with Crippen molar-refractivity contribution in [1.82, 2.24) is 4.72 Å². The van der Waals surface area contributed by atoms with Crippen molar-refractivity contribution in [2.75, 3.05) is 7.05 Å². The molecule has 0 amide bonds. The second kappa shape index (κ2) is 7.50. The van der Waals surface area contributed by atoms with Crippen LogP contribution in [0.4, 0.5) is 0 Å². The van der Waals surface area contributed by atoms with E-state index in [0.717, 1.165) is 17.4 Å². The predicted octanol–water partition coefficient (Wildman–Crippen LogP) is 3.02. The summed E-state index contributed by atoms with van der Waals surface area (Å²) < 4.78 is 39.5. The van der Waals surface area contributed by atoms with Gasteiger partial charge in [-0.1, -0.05) is 38.2 Å². The number of hydrogen-bond donors (Lipinski definition) is 1. The standard InChI is InChI=1S/C20H32BNO4S/c1-19(2)20(3,4)26-21(25-19)18-14-17(27(23,24)22-5)12-11-16(18)13-15-9-7-6-8-10-15/h11-12,14-15,22H,6-10,13H2,1-5H3. The van der Waals surface area contributed by atoms with Crippen LogP contribution in [0.2, 0.25) is 0 Å². The SMILES string of the molecule is CNS(=O)(=O)c1ccc(CC2CCCCC2)c(B2OC(C)(C)C(C)(C)O2)c1. The molecule has 2 aliphatic rings. The third-order valence-electron chi connectivity index (χ3n) is 6.44. The Labute approximate surface area is 164 Å². The average Bonchev–Trinajstić information content (AvgIpc) is 2.83. The molecule has 3 rings (SSSR count). The lowest BCUT2D eigenvalue weighted by molar-refractivity contribution is 0.00578. The monoisotopic (exact) mass is 393 g/mol. The van der Waals surface area contributed by atoms with Crippen molar-refractivity contribution in [3.8, 4) is 0 Å². The zero-order chi connectivity index (χ0) is 19.9. The molecule has 0 bridgehead atoms. The lowest BCUT2D eigenvalue weighted by atomic mass is 9.73. The van der Waals surface area contributed by atoms with Gasteiger partial charge in [0.2, 0.25) is 10.0 Å². The summed E-state index contributed by atoms with van der Waals surface area (Å²) in [6.45, 7) is 8.06. The molecule has 0 spiro atoms. The Morgan fingerprint density at radius 3 is 2.22 bits per heavy atom. The predicted molar refractivity (Wildman–Crippen MR) is 109 cm³/mol. The third-order valence-corrected chi connectivity index (χ3v) is 7.85. The first-order valence-corrected chi connectivity index (χ1v) is 11.5. The van der Waals surface area contributed by atoms with E-state index < -0.39 is 28.3 Å². The minimum absolute atomic E-state index is 0.252. The molecule has 1 N–H and O–H groups in total. The Bertz CT molecular complexity index is 769. The Balaban J connectivity index is 1.98. The molecule has 150 valence electrons. The van der Waals surface area contributed by atoms with Gasteiger partial charge in [-0.05, 0) is 70.2 Å². The second-order valence-electron chi connectivity index (χ2n) is 8.86. The third kappa shape index (κ3) is 4.26. The molecule has 2 fully saturated rings. The molecule has 1 heterocycles. The van der Waals surface area contributed by atoms with Gasteiger partial charge < -0.3 is 9.31 Å². The number of sulfonamides is 1. The van der Waals surface area contributed by atoms with Gasteiger partial charge in [0.15, 0.2) is 0 Å². The molecule has 1 aromatic carbocycles. The number of nitrogens with one attached hydrogen (secondary N) is 1. The van der Waals surface area contributed by atoms with Gasteiger partial charge in [0.1, 0.15) is 0 Å². The van der Waals surface area contributed by atoms with Gasteiger partial charge in [-0.15, -0.1) is 0 Å². The summed E-state index contributed by atoms with van der Waals surface area (Å²) in [4.78, 5) is 0.252. The summed E-state index contributed by atoms with van der Waals surface area (Å²) in [6.07, 6.45) is 7.30. The van der Waals surface area contributed by atoms with Crippen LogP contribution in [0.15, 0.2) is 23.1 Å².